The van der Waals surface area contributed by atoms with E-state index in [1.807, 2.05) is 6.92 Å². The van der Waals surface area contributed by atoms with Crippen LogP contribution >= 0.6 is 0 Å². The van der Waals surface area contributed by atoms with Gasteiger partial charge in [0.25, 0.3) is 0 Å². The molecule has 0 unspecified atom stereocenters. The zero-order valence-electron chi connectivity index (χ0n) is 6.82. The van der Waals surface area contributed by atoms with Crippen molar-refractivity contribution in [2.24, 2.45) is 0 Å². The van der Waals surface area contributed by atoms with Crippen molar-refractivity contribution >= 4 is 0 Å². The fraction of sp³-hybridized carbons (Fsp3) is 1.00. The first-order valence-corrected chi connectivity index (χ1v) is 3.84. The van der Waals surface area contributed by atoms with Gasteiger partial charge >= 0.3 is 0 Å². The Labute approximate surface area is 66.2 Å². The van der Waals surface area contributed by atoms with Crippen LogP contribution in [0.2, 0.25) is 0 Å². The summed E-state index contributed by atoms with van der Waals surface area (Å²) in [4.78, 5) is 0. The molecule has 4 nitrogen and oxygen atoms in total. The molecule has 66 valence electrons. The molecule has 0 saturated carbocycles. The van der Waals surface area contributed by atoms with E-state index in [0.29, 0.717) is 0 Å². The second kappa shape index (κ2) is 3.49. The molecule has 4 atom stereocenters. The summed E-state index contributed by atoms with van der Waals surface area (Å²) < 4.78 is 5.09. The Hall–Kier alpha value is -0.160. The molecule has 0 spiro atoms. The molecule has 0 radical (unpaired) electrons. The smallest absolute Gasteiger partial charge is 0.157 e. The zero-order valence-corrected chi connectivity index (χ0v) is 6.82. The van der Waals surface area contributed by atoms with Crippen LogP contribution in [-0.4, -0.2) is 41.8 Å². The molecule has 1 rings (SSSR count). The van der Waals surface area contributed by atoms with E-state index in [-0.39, 0.29) is 18.6 Å². The number of hydrogen-bond acceptors (Lipinski definition) is 4. The molecule has 11 heavy (non-hydrogen) atoms. The first-order valence-electron chi connectivity index (χ1n) is 3.84. The lowest BCUT2D eigenvalue weighted by Gasteiger charge is -2.35. The average Bonchev–Trinajstić information content (AvgIpc) is 1.85. The maximum atomic E-state index is 9.41. The first kappa shape index (κ1) is 8.93. The van der Waals surface area contributed by atoms with Crippen molar-refractivity contribution in [3.63, 3.8) is 0 Å². The molecular weight excluding hydrogens is 146 g/mol. The summed E-state index contributed by atoms with van der Waals surface area (Å²) in [6.45, 7) is 1.83. The van der Waals surface area contributed by atoms with E-state index < -0.39 is 12.4 Å². The number of ether oxygens (including phenoxy) is 1. The molecule has 1 aliphatic heterocycles. The van der Waals surface area contributed by atoms with Gasteiger partial charge in [-0.2, -0.15) is 0 Å². The molecule has 1 saturated heterocycles. The summed E-state index contributed by atoms with van der Waals surface area (Å²) in [5.74, 6) is 0. The van der Waals surface area contributed by atoms with Crippen molar-refractivity contribution in [1.82, 2.24) is 5.32 Å². The minimum Gasteiger partial charge on any atom is -0.391 e. The van der Waals surface area contributed by atoms with Gasteiger partial charge in [-0.05, 0) is 14.0 Å². The summed E-state index contributed by atoms with van der Waals surface area (Å²) in [5, 5.41) is 21.4. The fourth-order valence-corrected chi connectivity index (χ4v) is 1.48. The van der Waals surface area contributed by atoms with Gasteiger partial charge in [-0.3, -0.25) is 0 Å². The lowest BCUT2D eigenvalue weighted by molar-refractivity contribution is -0.195. The van der Waals surface area contributed by atoms with Gasteiger partial charge in [0.15, 0.2) is 6.29 Å². The van der Waals surface area contributed by atoms with Crippen molar-refractivity contribution in [3.05, 3.63) is 0 Å². The number of hydrogen-bond donors (Lipinski definition) is 3. The molecule has 1 heterocycles. The highest BCUT2D eigenvalue weighted by atomic mass is 16.6. The van der Waals surface area contributed by atoms with Crippen LogP contribution in [0.1, 0.15) is 13.3 Å². The Balaban J connectivity index is 2.52. The number of aliphatic hydroxyl groups excluding tert-OH is 2. The van der Waals surface area contributed by atoms with Crippen molar-refractivity contribution in [3.8, 4) is 0 Å². The highest BCUT2D eigenvalue weighted by Crippen LogP contribution is 2.17. The molecule has 0 aromatic heterocycles. The highest BCUT2D eigenvalue weighted by molar-refractivity contribution is 4.84. The van der Waals surface area contributed by atoms with Crippen LogP contribution in [0.4, 0.5) is 0 Å². The zero-order chi connectivity index (χ0) is 8.43. The molecule has 0 aromatic carbocycles. The SMILES string of the molecule is CN[C@H]1[C@@H](O)C[C@@H](O)O[C@@H]1C. The Bertz CT molecular complexity index is 119. The molecule has 4 heteroatoms. The van der Waals surface area contributed by atoms with Gasteiger partial charge in [-0.15, -0.1) is 0 Å². The maximum Gasteiger partial charge on any atom is 0.157 e. The molecule has 1 aliphatic rings. The summed E-state index contributed by atoms with van der Waals surface area (Å²) in [6, 6.07) is -0.0709. The van der Waals surface area contributed by atoms with Gasteiger partial charge < -0.3 is 20.3 Å². The van der Waals surface area contributed by atoms with E-state index in [9.17, 15) is 5.11 Å². The predicted molar refractivity (Wildman–Crippen MR) is 40.0 cm³/mol. The van der Waals surface area contributed by atoms with E-state index in [1.165, 1.54) is 0 Å². The number of nitrogens with one attached hydrogen (secondary N) is 1. The molecule has 0 aliphatic carbocycles. The molecule has 1 fully saturated rings. The van der Waals surface area contributed by atoms with Crippen molar-refractivity contribution in [2.45, 2.75) is 37.9 Å². The van der Waals surface area contributed by atoms with Gasteiger partial charge in [0.2, 0.25) is 0 Å². The van der Waals surface area contributed by atoms with Crippen LogP contribution in [0.15, 0.2) is 0 Å². The Morgan fingerprint density at radius 3 is 2.55 bits per heavy atom. The van der Waals surface area contributed by atoms with Gasteiger partial charge in [-0.25, -0.2) is 0 Å². The average molecular weight is 161 g/mol. The third-order valence-electron chi connectivity index (χ3n) is 2.07. The minimum absolute atomic E-state index is 0.0709. The third kappa shape index (κ3) is 1.90. The second-order valence-corrected chi connectivity index (χ2v) is 2.91. The van der Waals surface area contributed by atoms with Gasteiger partial charge in [-0.1, -0.05) is 0 Å². The molecule has 3 N–H and O–H groups in total. The molecule has 0 bridgehead atoms. The van der Waals surface area contributed by atoms with Gasteiger partial charge in [0, 0.05) is 6.42 Å². The van der Waals surface area contributed by atoms with Crippen molar-refractivity contribution in [2.75, 3.05) is 7.05 Å². The molecule has 0 aromatic rings. The van der Waals surface area contributed by atoms with E-state index >= 15 is 0 Å². The van der Waals surface area contributed by atoms with Crippen LogP contribution in [-0.2, 0) is 4.74 Å². The highest BCUT2D eigenvalue weighted by Gasteiger charge is 2.33. The first-order chi connectivity index (χ1) is 5.15. The molecule has 0 amide bonds. The lowest BCUT2D eigenvalue weighted by Crippen LogP contribution is -2.53. The summed E-state index contributed by atoms with van der Waals surface area (Å²) >= 11 is 0. The quantitative estimate of drug-likeness (QED) is 0.464. The largest absolute Gasteiger partial charge is 0.391 e. The predicted octanol–water partition coefficient (Wildman–Crippen LogP) is -0.938. The lowest BCUT2D eigenvalue weighted by atomic mass is 10.00. The van der Waals surface area contributed by atoms with Crippen LogP contribution in [0, 0.1) is 0 Å². The van der Waals surface area contributed by atoms with Gasteiger partial charge in [0.1, 0.15) is 0 Å². The Kier molecular flexibility index (Phi) is 2.84. The standard InChI is InChI=1S/C7H15NO3/c1-4-7(8-2)5(9)3-6(10)11-4/h4-10H,3H2,1-2H3/t4-,5+,6+,7-/m1/s1. The molecular formula is C7H15NO3. The van der Waals surface area contributed by atoms with Gasteiger partial charge in [0.05, 0.1) is 18.2 Å². The number of aliphatic hydroxyl groups is 2. The van der Waals surface area contributed by atoms with E-state index in [4.69, 9.17) is 9.84 Å². The number of rotatable bonds is 1. The van der Waals surface area contributed by atoms with Crippen LogP contribution in [0.25, 0.3) is 0 Å². The van der Waals surface area contributed by atoms with Crippen molar-refractivity contribution in [1.29, 1.82) is 0 Å². The normalized spacial score (nSPS) is 45.8. The van der Waals surface area contributed by atoms with E-state index in [1.54, 1.807) is 7.05 Å². The summed E-state index contributed by atoms with van der Waals surface area (Å²) in [6.07, 6.45) is -1.18. The third-order valence-corrected chi connectivity index (χ3v) is 2.07. The second-order valence-electron chi connectivity index (χ2n) is 2.91. The maximum absolute atomic E-state index is 9.41. The minimum atomic E-state index is -0.815. The van der Waals surface area contributed by atoms with Crippen LogP contribution in [0.3, 0.4) is 0 Å². The number of likely N-dealkylation sites (N-methyl/N-ethyl adjacent to an activating group) is 1. The monoisotopic (exact) mass is 161 g/mol. The van der Waals surface area contributed by atoms with E-state index in [2.05, 4.69) is 5.32 Å². The summed E-state index contributed by atoms with van der Waals surface area (Å²) in [7, 11) is 1.77. The fourth-order valence-electron chi connectivity index (χ4n) is 1.48. The van der Waals surface area contributed by atoms with Crippen LogP contribution in [0.5, 0.6) is 0 Å². The topological polar surface area (TPSA) is 61.7 Å². The Morgan fingerprint density at radius 2 is 2.09 bits per heavy atom. The van der Waals surface area contributed by atoms with Crippen molar-refractivity contribution < 1.29 is 14.9 Å². The van der Waals surface area contributed by atoms with Crippen LogP contribution < -0.4 is 5.32 Å². The van der Waals surface area contributed by atoms with E-state index in [0.717, 1.165) is 0 Å². The Morgan fingerprint density at radius 1 is 1.45 bits per heavy atom. The summed E-state index contributed by atoms with van der Waals surface area (Å²) in [5.41, 5.74) is 0.